The van der Waals surface area contributed by atoms with Gasteiger partial charge in [-0.1, -0.05) is 18.9 Å². The van der Waals surface area contributed by atoms with Crippen molar-refractivity contribution in [3.8, 4) is 0 Å². The molecule has 0 aromatic rings. The fourth-order valence-electron chi connectivity index (χ4n) is 1.14. The first-order valence-corrected chi connectivity index (χ1v) is 7.16. The number of halogens is 3. The van der Waals surface area contributed by atoms with Crippen LogP contribution in [0.5, 0.6) is 0 Å². The van der Waals surface area contributed by atoms with E-state index in [1.54, 1.807) is 13.0 Å². The summed E-state index contributed by atoms with van der Waals surface area (Å²) in [6.07, 6.45) is 4.95. The number of hydrogen-bond donors (Lipinski definition) is 0. The second-order valence-electron chi connectivity index (χ2n) is 3.45. The molecule has 0 heterocycles. The summed E-state index contributed by atoms with van der Waals surface area (Å²) in [5.41, 5.74) is 0. The average molecular weight is 254 g/mol. The summed E-state index contributed by atoms with van der Waals surface area (Å²) < 4.78 is 40.4. The van der Waals surface area contributed by atoms with E-state index in [9.17, 15) is 17.1 Å². The summed E-state index contributed by atoms with van der Waals surface area (Å²) in [6, 6.07) is -0.592. The Morgan fingerprint density at radius 1 is 1.19 bits per heavy atom. The van der Waals surface area contributed by atoms with Gasteiger partial charge in [0.25, 0.3) is 0 Å². The number of rotatable bonds is 8. The number of esters is 1. The Balaban J connectivity index is 3.25. The first kappa shape index (κ1) is 15.2. The second-order valence-corrected chi connectivity index (χ2v) is 5.18. The number of carbonyl (C=O) groups excluding carboxylic acids is 1. The van der Waals surface area contributed by atoms with Crippen molar-refractivity contribution in [3.05, 3.63) is 12.2 Å². The van der Waals surface area contributed by atoms with Gasteiger partial charge in [0.05, 0.1) is 6.61 Å². The zero-order chi connectivity index (χ0) is 12.4. The van der Waals surface area contributed by atoms with Crippen LogP contribution in [0.2, 0.25) is 6.04 Å². The predicted octanol–water partition coefficient (Wildman–Crippen LogP) is 3.51. The summed E-state index contributed by atoms with van der Waals surface area (Å²) in [5.74, 6) is -0.398. The highest BCUT2D eigenvalue weighted by Crippen LogP contribution is 2.18. The van der Waals surface area contributed by atoms with E-state index in [0.29, 0.717) is 19.3 Å². The van der Waals surface area contributed by atoms with Gasteiger partial charge in [0.15, 0.2) is 0 Å². The summed E-state index contributed by atoms with van der Waals surface area (Å²) in [4.78, 5) is 10.8. The number of carbonyl (C=O) groups is 1. The molecule has 94 valence electrons. The van der Waals surface area contributed by atoms with Gasteiger partial charge in [0.2, 0.25) is 0 Å². The van der Waals surface area contributed by atoms with Crippen LogP contribution in [0, 0.1) is 0 Å². The topological polar surface area (TPSA) is 26.3 Å². The van der Waals surface area contributed by atoms with Crippen LogP contribution in [0.4, 0.5) is 12.3 Å². The monoisotopic (exact) mass is 254 g/mol. The molecule has 0 aromatic heterocycles. The van der Waals surface area contributed by atoms with E-state index in [1.807, 2.05) is 0 Å². The van der Waals surface area contributed by atoms with E-state index in [0.717, 1.165) is 0 Å². The van der Waals surface area contributed by atoms with E-state index in [2.05, 4.69) is 0 Å². The lowest BCUT2D eigenvalue weighted by Gasteiger charge is -2.03. The largest absolute Gasteiger partial charge is 0.616 e. The third kappa shape index (κ3) is 11.3. The predicted molar refractivity (Wildman–Crippen MR) is 58.1 cm³/mol. The number of allylic oxidation sites excluding steroid dienone is 1. The van der Waals surface area contributed by atoms with E-state index < -0.39 is 21.1 Å². The van der Waals surface area contributed by atoms with Crippen LogP contribution >= 0.6 is 0 Å². The Morgan fingerprint density at radius 3 is 2.38 bits per heavy atom. The lowest BCUT2D eigenvalue weighted by Crippen LogP contribution is -2.13. The lowest BCUT2D eigenvalue weighted by molar-refractivity contribution is -0.137. The van der Waals surface area contributed by atoms with Crippen LogP contribution in [-0.4, -0.2) is 21.7 Å². The van der Waals surface area contributed by atoms with Crippen LogP contribution in [0.3, 0.4) is 0 Å². The van der Waals surface area contributed by atoms with Crippen molar-refractivity contribution in [1.29, 1.82) is 0 Å². The van der Waals surface area contributed by atoms with Crippen LogP contribution in [0.1, 0.15) is 32.6 Å². The Morgan fingerprint density at radius 2 is 1.81 bits per heavy atom. The van der Waals surface area contributed by atoms with Crippen molar-refractivity contribution < 1.29 is 21.9 Å². The van der Waals surface area contributed by atoms with E-state index in [1.165, 1.54) is 6.08 Å². The highest BCUT2D eigenvalue weighted by Gasteiger charge is 2.35. The molecule has 0 radical (unpaired) electrons. The first-order valence-electron chi connectivity index (χ1n) is 5.32. The molecular formula is C10H17F3O2Si. The van der Waals surface area contributed by atoms with Gasteiger partial charge < -0.3 is 4.74 Å². The van der Waals surface area contributed by atoms with Crippen LogP contribution in [0.15, 0.2) is 12.2 Å². The first-order chi connectivity index (χ1) is 7.45. The molecule has 0 saturated heterocycles. The molecule has 0 rings (SSSR count). The Bertz CT molecular complexity index is 227. The number of ether oxygens (including phenoxy) is 1. The SMILES string of the molecule is CC=CC(=O)OCCCCCC[Si](F)(F)F. The molecule has 0 bridgehead atoms. The molecule has 0 unspecified atom stereocenters. The van der Waals surface area contributed by atoms with Gasteiger partial charge >= 0.3 is 15.0 Å². The molecule has 0 aromatic carbocycles. The Labute approximate surface area is 95.0 Å². The maximum Gasteiger partial charge on any atom is 0.616 e. The van der Waals surface area contributed by atoms with Gasteiger partial charge in [-0.05, 0) is 19.8 Å². The van der Waals surface area contributed by atoms with Gasteiger partial charge in [-0.15, -0.1) is 0 Å². The second kappa shape index (κ2) is 8.38. The molecule has 0 spiro atoms. The quantitative estimate of drug-likeness (QED) is 0.218. The van der Waals surface area contributed by atoms with Gasteiger partial charge in [-0.2, -0.15) is 0 Å². The molecule has 6 heteroatoms. The van der Waals surface area contributed by atoms with Crippen LogP contribution in [-0.2, 0) is 9.53 Å². The van der Waals surface area contributed by atoms with E-state index in [-0.39, 0.29) is 13.0 Å². The van der Waals surface area contributed by atoms with Gasteiger partial charge in [-0.3, -0.25) is 0 Å². The van der Waals surface area contributed by atoms with Crippen molar-refractivity contribution in [2.75, 3.05) is 6.61 Å². The van der Waals surface area contributed by atoms with Crippen LogP contribution in [0.25, 0.3) is 0 Å². The third-order valence-corrected chi connectivity index (χ3v) is 2.82. The molecular weight excluding hydrogens is 237 g/mol. The fraction of sp³-hybridized carbons (Fsp3) is 0.700. The fourth-order valence-corrected chi connectivity index (χ4v) is 1.79. The smallest absolute Gasteiger partial charge is 0.463 e. The minimum atomic E-state index is -5.35. The number of unbranched alkanes of at least 4 members (excludes halogenated alkanes) is 3. The minimum Gasteiger partial charge on any atom is -0.463 e. The zero-order valence-electron chi connectivity index (χ0n) is 9.35. The van der Waals surface area contributed by atoms with Crippen molar-refractivity contribution in [2.24, 2.45) is 0 Å². The molecule has 0 aliphatic heterocycles. The molecule has 0 atom stereocenters. The van der Waals surface area contributed by atoms with Crippen molar-refractivity contribution in [2.45, 2.75) is 38.7 Å². The lowest BCUT2D eigenvalue weighted by atomic mass is 10.2. The minimum absolute atomic E-state index is 0.207. The molecule has 0 N–H and O–H groups in total. The maximum atomic E-state index is 11.9. The molecule has 2 nitrogen and oxygen atoms in total. The van der Waals surface area contributed by atoms with E-state index >= 15 is 0 Å². The molecule has 0 aliphatic carbocycles. The van der Waals surface area contributed by atoms with Gasteiger partial charge in [-0.25, -0.2) is 17.1 Å². The highest BCUT2D eigenvalue weighted by atomic mass is 28.5. The van der Waals surface area contributed by atoms with Crippen molar-refractivity contribution in [3.63, 3.8) is 0 Å². The summed E-state index contributed by atoms with van der Waals surface area (Å²) in [6.45, 7) is 1.99. The van der Waals surface area contributed by atoms with Crippen molar-refractivity contribution >= 4 is 15.0 Å². The molecule has 0 fully saturated rings. The molecule has 0 aliphatic rings. The normalized spacial score (nSPS) is 12.0. The number of hydrogen-bond acceptors (Lipinski definition) is 2. The Kier molecular flexibility index (Phi) is 7.97. The van der Waals surface area contributed by atoms with E-state index in [4.69, 9.17) is 4.74 Å². The maximum absolute atomic E-state index is 11.9. The molecule has 0 amide bonds. The van der Waals surface area contributed by atoms with Gasteiger partial charge in [0, 0.05) is 12.1 Å². The molecule has 16 heavy (non-hydrogen) atoms. The average Bonchev–Trinajstić information content (AvgIpc) is 2.15. The highest BCUT2D eigenvalue weighted by molar-refractivity contribution is 6.58. The third-order valence-electron chi connectivity index (χ3n) is 1.90. The van der Waals surface area contributed by atoms with Gasteiger partial charge in [0.1, 0.15) is 0 Å². The van der Waals surface area contributed by atoms with Crippen molar-refractivity contribution in [1.82, 2.24) is 0 Å². The standard InChI is InChI=1S/C10H17F3O2Si/c1-2-7-10(14)15-8-5-3-4-6-9-16(11,12)13/h2,7H,3-6,8-9H2,1H3. The summed E-state index contributed by atoms with van der Waals surface area (Å²) in [5, 5.41) is 0. The Hall–Kier alpha value is -0.783. The molecule has 0 saturated carbocycles. The summed E-state index contributed by atoms with van der Waals surface area (Å²) >= 11 is 0. The summed E-state index contributed by atoms with van der Waals surface area (Å²) in [7, 11) is -5.35. The van der Waals surface area contributed by atoms with Crippen LogP contribution < -0.4 is 0 Å². The zero-order valence-corrected chi connectivity index (χ0v) is 10.3.